The summed E-state index contributed by atoms with van der Waals surface area (Å²) in [5.74, 6) is -6.13. The maximum atomic E-state index is 11.0. The Bertz CT molecular complexity index is 1300. The zero-order valence-electron chi connectivity index (χ0n) is 18.4. The average Bonchev–Trinajstić information content (AvgIpc) is 2.81. The minimum absolute atomic E-state index is 0.0645. The lowest BCUT2D eigenvalue weighted by Crippen LogP contribution is -2.10. The van der Waals surface area contributed by atoms with Crippen molar-refractivity contribution in [2.45, 2.75) is 0 Å². The summed E-state index contributed by atoms with van der Waals surface area (Å²) in [6.45, 7) is 0. The molecule has 0 saturated carbocycles. The number of aromatic nitrogens is 3. The summed E-state index contributed by atoms with van der Waals surface area (Å²) in [6, 6.07) is 12.2. The van der Waals surface area contributed by atoms with Crippen molar-refractivity contribution in [2.75, 3.05) is 10.6 Å². The number of benzene rings is 2. The van der Waals surface area contributed by atoms with Crippen LogP contribution in [0, 0.1) is 0 Å². The summed E-state index contributed by atoms with van der Waals surface area (Å²) in [7, 11) is 0. The number of carbonyl (C=O) groups is 4. The van der Waals surface area contributed by atoms with Gasteiger partial charge in [0.1, 0.15) is 11.1 Å². The van der Waals surface area contributed by atoms with Crippen molar-refractivity contribution in [2.24, 2.45) is 0 Å². The Balaban J connectivity index is 1.75. The third-order valence-corrected chi connectivity index (χ3v) is 4.65. The van der Waals surface area contributed by atoms with Gasteiger partial charge in [0, 0.05) is 11.4 Å². The summed E-state index contributed by atoms with van der Waals surface area (Å²) >= 11 is 5.99. The lowest BCUT2D eigenvalue weighted by molar-refractivity contribution is -0.142. The third kappa shape index (κ3) is 7.34. The first-order chi connectivity index (χ1) is 17.5. The van der Waals surface area contributed by atoms with Gasteiger partial charge in [-0.05, 0) is 59.1 Å². The Morgan fingerprint density at radius 3 is 1.22 bits per heavy atom. The molecular formula is C23H16ClN5O8. The van der Waals surface area contributed by atoms with Crippen LogP contribution in [0.5, 0.6) is 0 Å². The zero-order valence-corrected chi connectivity index (χ0v) is 19.2. The molecule has 37 heavy (non-hydrogen) atoms. The lowest BCUT2D eigenvalue weighted by atomic mass is 10.1. The molecule has 0 spiro atoms. The predicted octanol–water partition coefficient (Wildman–Crippen LogP) is 3.12. The van der Waals surface area contributed by atoms with Crippen molar-refractivity contribution in [1.29, 1.82) is 0 Å². The summed E-state index contributed by atoms with van der Waals surface area (Å²) in [5, 5.41) is 41.4. The number of nitrogens with one attached hydrogen (secondary N) is 2. The topological polar surface area (TPSA) is 212 Å². The van der Waals surface area contributed by atoms with E-state index in [2.05, 4.69) is 25.6 Å². The second-order valence-corrected chi connectivity index (χ2v) is 7.42. The molecule has 3 rings (SSSR count). The zero-order chi connectivity index (χ0) is 27.1. The van der Waals surface area contributed by atoms with E-state index in [1.165, 1.54) is 24.3 Å². The molecule has 1 aromatic heterocycles. The quantitative estimate of drug-likeness (QED) is 0.128. The molecule has 0 bridgehead atoms. The van der Waals surface area contributed by atoms with Crippen LogP contribution in [0.3, 0.4) is 0 Å². The fourth-order valence-electron chi connectivity index (χ4n) is 2.81. The smallest absolute Gasteiger partial charge is 0.343 e. The van der Waals surface area contributed by atoms with Crippen LogP contribution in [0.25, 0.3) is 12.2 Å². The van der Waals surface area contributed by atoms with E-state index in [1.54, 1.807) is 24.3 Å². The number of carboxylic acids is 4. The van der Waals surface area contributed by atoms with Crippen molar-refractivity contribution in [1.82, 2.24) is 15.0 Å². The summed E-state index contributed by atoms with van der Waals surface area (Å²) in [5.41, 5.74) is 0.0997. The van der Waals surface area contributed by atoms with E-state index < -0.39 is 35.0 Å². The Kier molecular flexibility index (Phi) is 8.12. The molecule has 0 radical (unpaired) electrons. The van der Waals surface area contributed by atoms with Crippen molar-refractivity contribution in [3.8, 4) is 0 Å². The maximum Gasteiger partial charge on any atom is 0.343 e. The Morgan fingerprint density at radius 1 is 0.595 bits per heavy atom. The third-order valence-electron chi connectivity index (χ3n) is 4.49. The van der Waals surface area contributed by atoms with E-state index in [1.807, 2.05) is 0 Å². The van der Waals surface area contributed by atoms with E-state index in [0.717, 1.165) is 12.2 Å². The van der Waals surface area contributed by atoms with E-state index in [9.17, 15) is 19.2 Å². The van der Waals surface area contributed by atoms with Gasteiger partial charge < -0.3 is 31.1 Å². The molecule has 0 aliphatic carbocycles. The molecule has 6 N–H and O–H groups in total. The minimum Gasteiger partial charge on any atom is -0.477 e. The van der Waals surface area contributed by atoms with Gasteiger partial charge in [0.2, 0.25) is 17.2 Å². The van der Waals surface area contributed by atoms with E-state index in [-0.39, 0.29) is 17.2 Å². The molecule has 13 nitrogen and oxygen atoms in total. The van der Waals surface area contributed by atoms with E-state index >= 15 is 0 Å². The Labute approximate surface area is 212 Å². The molecule has 0 unspecified atom stereocenters. The van der Waals surface area contributed by atoms with Crippen molar-refractivity contribution in [3.05, 3.63) is 76.1 Å². The van der Waals surface area contributed by atoms with Gasteiger partial charge >= 0.3 is 23.9 Å². The van der Waals surface area contributed by atoms with E-state index in [4.69, 9.17) is 32.0 Å². The first-order valence-electron chi connectivity index (χ1n) is 10.0. The number of hydrogen-bond donors (Lipinski definition) is 6. The highest BCUT2D eigenvalue weighted by atomic mass is 35.5. The number of rotatable bonds is 10. The molecule has 1 heterocycles. The standard InChI is InChI=1S/C23H16ClN5O8/c24-21-27-22(25-13-5-1-11(2-6-13)9-15(17(30)31)18(32)33)29-23(28-21)26-14-7-3-12(4-8-14)10-16(19(34)35)20(36)37/h1-10H,(H,30,31)(H,32,33)(H,34,35)(H,36,37)(H2,25,26,27,28,29). The van der Waals surface area contributed by atoms with Gasteiger partial charge in [0.05, 0.1) is 0 Å². The first-order valence-corrected chi connectivity index (χ1v) is 10.4. The summed E-state index contributed by atoms with van der Waals surface area (Å²) in [4.78, 5) is 56.2. The van der Waals surface area contributed by atoms with Crippen LogP contribution in [0.2, 0.25) is 5.28 Å². The molecule has 0 aliphatic heterocycles. The van der Waals surface area contributed by atoms with Crippen LogP contribution in [0.15, 0.2) is 59.7 Å². The lowest BCUT2D eigenvalue weighted by Gasteiger charge is -2.09. The molecule has 3 aromatic rings. The molecule has 2 aromatic carbocycles. The van der Waals surface area contributed by atoms with Crippen LogP contribution in [-0.2, 0) is 19.2 Å². The Hall–Kier alpha value is -5.30. The molecular weight excluding hydrogens is 510 g/mol. The molecule has 0 saturated heterocycles. The highest BCUT2D eigenvalue weighted by Gasteiger charge is 2.16. The summed E-state index contributed by atoms with van der Waals surface area (Å²) < 4.78 is 0. The van der Waals surface area contributed by atoms with Crippen molar-refractivity contribution < 1.29 is 39.6 Å². The van der Waals surface area contributed by atoms with Crippen molar-refractivity contribution >= 4 is 70.9 Å². The number of nitrogens with zero attached hydrogens (tertiary/aromatic N) is 3. The summed E-state index contributed by atoms with van der Waals surface area (Å²) in [6.07, 6.45) is 2.03. The Morgan fingerprint density at radius 2 is 0.919 bits per heavy atom. The highest BCUT2D eigenvalue weighted by Crippen LogP contribution is 2.21. The minimum atomic E-state index is -1.56. The van der Waals surface area contributed by atoms with Crippen LogP contribution in [0.1, 0.15) is 11.1 Å². The maximum absolute atomic E-state index is 11.0. The number of halogens is 1. The van der Waals surface area contributed by atoms with E-state index in [0.29, 0.717) is 22.5 Å². The van der Waals surface area contributed by atoms with Gasteiger partial charge in [0.15, 0.2) is 0 Å². The average molecular weight is 526 g/mol. The number of aliphatic carboxylic acids is 4. The fourth-order valence-corrected chi connectivity index (χ4v) is 2.97. The monoisotopic (exact) mass is 525 g/mol. The number of anilines is 4. The molecule has 0 fully saturated rings. The van der Waals surface area contributed by atoms with Gasteiger partial charge in [-0.25, -0.2) is 19.2 Å². The van der Waals surface area contributed by atoms with Gasteiger partial charge in [-0.1, -0.05) is 24.3 Å². The predicted molar refractivity (Wildman–Crippen MR) is 131 cm³/mol. The molecule has 0 aliphatic rings. The second-order valence-electron chi connectivity index (χ2n) is 7.08. The molecule has 188 valence electrons. The number of carboxylic acid groups (broad SMARTS) is 4. The van der Waals surface area contributed by atoms with Crippen LogP contribution >= 0.6 is 11.6 Å². The molecule has 0 atom stereocenters. The van der Waals surface area contributed by atoms with Gasteiger partial charge in [-0.3, -0.25) is 0 Å². The van der Waals surface area contributed by atoms with Crippen LogP contribution in [0.4, 0.5) is 23.3 Å². The fraction of sp³-hybridized carbons (Fsp3) is 0. The van der Waals surface area contributed by atoms with Gasteiger partial charge in [-0.2, -0.15) is 15.0 Å². The first kappa shape index (κ1) is 26.3. The van der Waals surface area contributed by atoms with Crippen LogP contribution < -0.4 is 10.6 Å². The van der Waals surface area contributed by atoms with Gasteiger partial charge in [0.25, 0.3) is 0 Å². The van der Waals surface area contributed by atoms with Crippen molar-refractivity contribution in [3.63, 3.8) is 0 Å². The molecule has 0 amide bonds. The highest BCUT2D eigenvalue weighted by molar-refractivity contribution is 6.28. The number of hydrogen-bond acceptors (Lipinski definition) is 9. The SMILES string of the molecule is O=C(O)C(=Cc1ccc(Nc2nc(Cl)nc(Nc3ccc(C=C(C(=O)O)C(=O)O)cc3)n2)cc1)C(=O)O. The van der Waals surface area contributed by atoms with Crippen LogP contribution in [-0.4, -0.2) is 59.3 Å². The largest absolute Gasteiger partial charge is 0.477 e. The molecule has 14 heteroatoms. The van der Waals surface area contributed by atoms with Gasteiger partial charge in [-0.15, -0.1) is 0 Å². The second kappa shape index (κ2) is 11.4. The normalized spacial score (nSPS) is 10.1.